The molecule has 0 bridgehead atoms. The smallest absolute Gasteiger partial charge is 0.256 e. The average Bonchev–Trinajstić information content (AvgIpc) is 2.37. The number of benzene rings is 1. The summed E-state index contributed by atoms with van der Waals surface area (Å²) in [4.78, 5) is 14.1. The predicted octanol–water partition coefficient (Wildman–Crippen LogP) is 4.49. The first-order chi connectivity index (χ1) is 9.29. The molecule has 20 heavy (non-hydrogen) atoms. The van der Waals surface area contributed by atoms with Crippen molar-refractivity contribution in [3.63, 3.8) is 0 Å². The number of carbonyl (C=O) groups excluding carboxylic acids is 1. The summed E-state index contributed by atoms with van der Waals surface area (Å²) in [6.45, 7) is 8.16. The molecule has 1 aliphatic heterocycles. The van der Waals surface area contributed by atoms with Gasteiger partial charge in [0.1, 0.15) is 5.82 Å². The monoisotopic (exact) mass is 341 g/mol. The molecule has 1 saturated heterocycles. The highest BCUT2D eigenvalue weighted by Crippen LogP contribution is 2.34. The maximum atomic E-state index is 13.8. The van der Waals surface area contributed by atoms with E-state index < -0.39 is 5.82 Å². The lowest BCUT2D eigenvalue weighted by molar-refractivity contribution is 0.0604. The van der Waals surface area contributed by atoms with Crippen LogP contribution in [0, 0.1) is 17.2 Å². The SMILES string of the molecule is CC(C)(C)C1CCN(C(=O)c2ccc(Br)cc2F)CC1. The number of rotatable bonds is 1. The zero-order valence-electron chi connectivity index (χ0n) is 12.2. The highest BCUT2D eigenvalue weighted by molar-refractivity contribution is 9.10. The summed E-state index contributed by atoms with van der Waals surface area (Å²) in [5.74, 6) is -0.0222. The number of likely N-dealkylation sites (tertiary alicyclic amines) is 1. The lowest BCUT2D eigenvalue weighted by Crippen LogP contribution is -2.41. The average molecular weight is 342 g/mol. The molecule has 1 fully saturated rings. The minimum Gasteiger partial charge on any atom is -0.339 e. The van der Waals surface area contributed by atoms with E-state index in [1.54, 1.807) is 17.0 Å². The van der Waals surface area contributed by atoms with Crippen molar-refractivity contribution in [3.8, 4) is 0 Å². The predicted molar refractivity (Wildman–Crippen MR) is 82.2 cm³/mol. The number of hydrogen-bond donors (Lipinski definition) is 0. The lowest BCUT2D eigenvalue weighted by Gasteiger charge is -2.38. The second kappa shape index (κ2) is 5.84. The molecule has 1 aromatic carbocycles. The second-order valence-corrected chi connectivity index (χ2v) is 7.47. The van der Waals surface area contributed by atoms with Gasteiger partial charge in [0.15, 0.2) is 0 Å². The van der Waals surface area contributed by atoms with E-state index in [1.165, 1.54) is 6.07 Å². The van der Waals surface area contributed by atoms with Gasteiger partial charge < -0.3 is 4.90 Å². The summed E-state index contributed by atoms with van der Waals surface area (Å²) in [7, 11) is 0. The summed E-state index contributed by atoms with van der Waals surface area (Å²) in [6.07, 6.45) is 1.99. The van der Waals surface area contributed by atoms with E-state index in [4.69, 9.17) is 0 Å². The maximum Gasteiger partial charge on any atom is 0.256 e. The molecule has 1 aliphatic rings. The first kappa shape index (κ1) is 15.5. The molecule has 0 unspecified atom stereocenters. The minimum atomic E-state index is -0.456. The van der Waals surface area contributed by atoms with Crippen LogP contribution in [0.3, 0.4) is 0 Å². The molecule has 0 atom stereocenters. The summed E-state index contributed by atoms with van der Waals surface area (Å²) in [5.41, 5.74) is 0.445. The highest BCUT2D eigenvalue weighted by Gasteiger charge is 2.31. The number of hydrogen-bond acceptors (Lipinski definition) is 1. The Hall–Kier alpha value is -0.900. The van der Waals surface area contributed by atoms with E-state index in [0.29, 0.717) is 10.4 Å². The van der Waals surface area contributed by atoms with Gasteiger partial charge in [-0.25, -0.2) is 4.39 Å². The van der Waals surface area contributed by atoms with Gasteiger partial charge in [-0.05, 0) is 42.4 Å². The number of nitrogens with zero attached hydrogens (tertiary/aromatic N) is 1. The lowest BCUT2D eigenvalue weighted by atomic mass is 9.75. The Morgan fingerprint density at radius 2 is 1.90 bits per heavy atom. The maximum absolute atomic E-state index is 13.8. The third-order valence-electron chi connectivity index (χ3n) is 4.17. The van der Waals surface area contributed by atoms with Crippen LogP contribution in [0.2, 0.25) is 0 Å². The Morgan fingerprint density at radius 3 is 2.40 bits per heavy atom. The molecule has 0 N–H and O–H groups in total. The molecule has 2 nitrogen and oxygen atoms in total. The van der Waals surface area contributed by atoms with Crippen LogP contribution in [0.1, 0.15) is 44.0 Å². The molecule has 4 heteroatoms. The van der Waals surface area contributed by atoms with Gasteiger partial charge in [-0.2, -0.15) is 0 Å². The first-order valence-corrected chi connectivity index (χ1v) is 7.82. The summed E-state index contributed by atoms with van der Waals surface area (Å²) >= 11 is 3.21. The quantitative estimate of drug-likeness (QED) is 0.737. The molecular formula is C16H21BrFNO. The van der Waals surface area contributed by atoms with Crippen LogP contribution >= 0.6 is 15.9 Å². The molecule has 2 rings (SSSR count). The van der Waals surface area contributed by atoms with Crippen LogP contribution in [0.25, 0.3) is 0 Å². The zero-order chi connectivity index (χ0) is 14.9. The van der Waals surface area contributed by atoms with Crippen molar-refractivity contribution in [2.75, 3.05) is 13.1 Å². The first-order valence-electron chi connectivity index (χ1n) is 7.03. The van der Waals surface area contributed by atoms with Gasteiger partial charge in [0.2, 0.25) is 0 Å². The topological polar surface area (TPSA) is 20.3 Å². The molecule has 1 amide bonds. The zero-order valence-corrected chi connectivity index (χ0v) is 13.8. The van der Waals surface area contributed by atoms with Crippen molar-refractivity contribution in [1.82, 2.24) is 4.90 Å². The molecule has 0 aromatic heterocycles. The fourth-order valence-corrected chi connectivity index (χ4v) is 3.12. The van der Waals surface area contributed by atoms with E-state index in [0.717, 1.165) is 25.9 Å². The van der Waals surface area contributed by atoms with Crippen molar-refractivity contribution >= 4 is 21.8 Å². The van der Waals surface area contributed by atoms with E-state index >= 15 is 0 Å². The van der Waals surface area contributed by atoms with Crippen LogP contribution in [-0.4, -0.2) is 23.9 Å². The van der Waals surface area contributed by atoms with Crippen molar-refractivity contribution in [3.05, 3.63) is 34.1 Å². The third kappa shape index (κ3) is 3.40. The Kier molecular flexibility index (Phi) is 4.52. The van der Waals surface area contributed by atoms with Crippen LogP contribution in [0.5, 0.6) is 0 Å². The highest BCUT2D eigenvalue weighted by atomic mass is 79.9. The molecule has 0 radical (unpaired) electrons. The normalized spacial score (nSPS) is 17.4. The van der Waals surface area contributed by atoms with E-state index in [1.807, 2.05) is 0 Å². The van der Waals surface area contributed by atoms with Crippen molar-refractivity contribution < 1.29 is 9.18 Å². The van der Waals surface area contributed by atoms with Gasteiger partial charge in [-0.1, -0.05) is 36.7 Å². The van der Waals surface area contributed by atoms with Crippen LogP contribution in [0.15, 0.2) is 22.7 Å². The van der Waals surface area contributed by atoms with E-state index in [-0.39, 0.29) is 16.9 Å². The van der Waals surface area contributed by atoms with Gasteiger partial charge >= 0.3 is 0 Å². The fraction of sp³-hybridized carbons (Fsp3) is 0.562. The standard InChI is InChI=1S/C16H21BrFNO/c1-16(2,3)11-6-8-19(9-7-11)15(20)13-5-4-12(17)10-14(13)18/h4-5,10-11H,6-9H2,1-3H3. The molecule has 1 aromatic rings. The Bertz CT molecular complexity index is 502. The van der Waals surface area contributed by atoms with Gasteiger partial charge in [-0.15, -0.1) is 0 Å². The van der Waals surface area contributed by atoms with Gasteiger partial charge in [0.05, 0.1) is 5.56 Å². The largest absolute Gasteiger partial charge is 0.339 e. The molecule has 1 heterocycles. The van der Waals surface area contributed by atoms with Crippen LogP contribution < -0.4 is 0 Å². The Balaban J connectivity index is 2.05. The number of amides is 1. The molecule has 0 aliphatic carbocycles. The van der Waals surface area contributed by atoms with E-state index in [2.05, 4.69) is 36.7 Å². The van der Waals surface area contributed by atoms with Gasteiger partial charge in [-0.3, -0.25) is 4.79 Å². The summed E-state index contributed by atoms with van der Waals surface area (Å²) < 4.78 is 14.5. The van der Waals surface area contributed by atoms with Crippen LogP contribution in [-0.2, 0) is 0 Å². The van der Waals surface area contributed by atoms with Crippen molar-refractivity contribution in [2.24, 2.45) is 11.3 Å². The van der Waals surface area contributed by atoms with Crippen molar-refractivity contribution in [1.29, 1.82) is 0 Å². The van der Waals surface area contributed by atoms with Crippen LogP contribution in [0.4, 0.5) is 4.39 Å². The summed E-state index contributed by atoms with van der Waals surface area (Å²) in [6, 6.07) is 4.60. The minimum absolute atomic E-state index is 0.169. The van der Waals surface area contributed by atoms with E-state index in [9.17, 15) is 9.18 Å². The number of piperidine rings is 1. The number of halogens is 2. The summed E-state index contributed by atoms with van der Waals surface area (Å²) in [5, 5.41) is 0. The number of carbonyl (C=O) groups is 1. The fourth-order valence-electron chi connectivity index (χ4n) is 2.78. The second-order valence-electron chi connectivity index (χ2n) is 6.56. The van der Waals surface area contributed by atoms with Crippen molar-refractivity contribution in [2.45, 2.75) is 33.6 Å². The molecule has 0 spiro atoms. The molecule has 0 saturated carbocycles. The Labute approximate surface area is 128 Å². The van der Waals surface area contributed by atoms with Gasteiger partial charge in [0.25, 0.3) is 5.91 Å². The molecule has 110 valence electrons. The molecular weight excluding hydrogens is 321 g/mol. The van der Waals surface area contributed by atoms with Gasteiger partial charge in [0, 0.05) is 17.6 Å². The third-order valence-corrected chi connectivity index (χ3v) is 4.66. The Morgan fingerprint density at radius 1 is 1.30 bits per heavy atom.